The Morgan fingerprint density at radius 1 is 1.33 bits per heavy atom. The van der Waals surface area contributed by atoms with Gasteiger partial charge in [0.25, 0.3) is 0 Å². The van der Waals surface area contributed by atoms with Crippen molar-refractivity contribution in [2.24, 2.45) is 0 Å². The fraction of sp³-hybridized carbons (Fsp3) is 0.400. The van der Waals surface area contributed by atoms with Crippen LogP contribution in [0.5, 0.6) is 5.75 Å². The molecule has 3 heterocycles. The molecule has 1 aromatic heterocycles. The van der Waals surface area contributed by atoms with Crippen LogP contribution in [0.1, 0.15) is 18.6 Å². The summed E-state index contributed by atoms with van der Waals surface area (Å²) < 4.78 is 21.6. The van der Waals surface area contributed by atoms with E-state index in [9.17, 15) is 9.90 Å². The summed E-state index contributed by atoms with van der Waals surface area (Å²) in [7, 11) is 1.53. The van der Waals surface area contributed by atoms with Gasteiger partial charge in [-0.3, -0.25) is 0 Å². The summed E-state index contributed by atoms with van der Waals surface area (Å²) in [5.41, 5.74) is 0.154. The summed E-state index contributed by atoms with van der Waals surface area (Å²) in [5.74, 6) is 0.536. The van der Waals surface area contributed by atoms with E-state index in [1.165, 1.54) is 13.2 Å². The maximum absolute atomic E-state index is 11.3. The molecule has 2 fully saturated rings. The van der Waals surface area contributed by atoms with Gasteiger partial charge in [0.15, 0.2) is 6.29 Å². The van der Waals surface area contributed by atoms with Crippen molar-refractivity contribution in [2.45, 2.75) is 31.0 Å². The third-order valence-corrected chi connectivity index (χ3v) is 4.21. The largest absolute Gasteiger partial charge is 0.496 e. The van der Waals surface area contributed by atoms with Crippen molar-refractivity contribution in [3.05, 3.63) is 40.2 Å². The summed E-state index contributed by atoms with van der Waals surface area (Å²) in [5, 5.41) is 10.7. The second-order valence-electron chi connectivity index (χ2n) is 5.52. The average molecular weight is 290 g/mol. The van der Waals surface area contributed by atoms with E-state index in [4.69, 9.17) is 18.6 Å². The normalized spacial score (nSPS) is 34.0. The van der Waals surface area contributed by atoms with Crippen LogP contribution in [0.25, 0.3) is 11.0 Å². The van der Waals surface area contributed by atoms with Crippen molar-refractivity contribution in [3.63, 3.8) is 0 Å². The maximum atomic E-state index is 11.3. The number of aliphatic hydroxyl groups excluding tert-OH is 1. The highest BCUT2D eigenvalue weighted by molar-refractivity contribution is 5.79. The minimum atomic E-state index is -0.957. The fourth-order valence-corrected chi connectivity index (χ4v) is 2.90. The Balaban J connectivity index is 1.85. The fourth-order valence-electron chi connectivity index (χ4n) is 2.90. The molecule has 0 saturated carbocycles. The molecule has 110 valence electrons. The first-order valence-corrected chi connectivity index (χ1v) is 6.66. The second kappa shape index (κ2) is 4.07. The lowest BCUT2D eigenvalue weighted by Gasteiger charge is -2.18. The molecule has 2 aromatic rings. The minimum Gasteiger partial charge on any atom is -0.496 e. The van der Waals surface area contributed by atoms with E-state index in [1.54, 1.807) is 12.1 Å². The highest BCUT2D eigenvalue weighted by Crippen LogP contribution is 2.56. The van der Waals surface area contributed by atoms with Gasteiger partial charge in [-0.2, -0.15) is 0 Å². The number of hydrogen-bond donors (Lipinski definition) is 1. The zero-order chi connectivity index (χ0) is 14.8. The first-order valence-electron chi connectivity index (χ1n) is 6.66. The molecule has 2 aliphatic rings. The van der Waals surface area contributed by atoms with Crippen LogP contribution in [0.2, 0.25) is 0 Å². The van der Waals surface area contributed by atoms with Gasteiger partial charge >= 0.3 is 5.63 Å². The third kappa shape index (κ3) is 1.73. The van der Waals surface area contributed by atoms with Crippen molar-refractivity contribution >= 4 is 11.0 Å². The Hall–Kier alpha value is -1.89. The molecule has 4 rings (SSSR count). The summed E-state index contributed by atoms with van der Waals surface area (Å²) in [4.78, 5) is 11.3. The van der Waals surface area contributed by atoms with Crippen LogP contribution in [0.15, 0.2) is 33.5 Å². The lowest BCUT2D eigenvalue weighted by atomic mass is 9.99. The van der Waals surface area contributed by atoms with E-state index in [0.29, 0.717) is 11.3 Å². The Labute approximate surface area is 119 Å². The quantitative estimate of drug-likeness (QED) is 0.664. The van der Waals surface area contributed by atoms with Crippen molar-refractivity contribution in [2.75, 3.05) is 7.11 Å². The highest BCUT2D eigenvalue weighted by Gasteiger charge is 2.68. The molecular formula is C15H14O6. The van der Waals surface area contributed by atoms with Crippen LogP contribution < -0.4 is 10.4 Å². The van der Waals surface area contributed by atoms with Gasteiger partial charge in [0, 0.05) is 23.1 Å². The molecule has 2 aliphatic heterocycles. The van der Waals surface area contributed by atoms with Crippen molar-refractivity contribution in [3.8, 4) is 5.75 Å². The highest BCUT2D eigenvalue weighted by atomic mass is 16.7. The van der Waals surface area contributed by atoms with E-state index in [-0.39, 0.29) is 6.10 Å². The Kier molecular flexibility index (Phi) is 2.48. The molecule has 0 radical (unpaired) electrons. The van der Waals surface area contributed by atoms with E-state index in [0.717, 1.165) is 10.9 Å². The number of rotatable bonds is 2. The first-order chi connectivity index (χ1) is 10.0. The van der Waals surface area contributed by atoms with Crippen LogP contribution in [0, 0.1) is 0 Å². The molecule has 0 amide bonds. The predicted molar refractivity (Wildman–Crippen MR) is 72.1 cm³/mol. The predicted octanol–water partition coefficient (Wildman–Crippen LogP) is 1.35. The van der Waals surface area contributed by atoms with Gasteiger partial charge in [-0.1, -0.05) is 0 Å². The number of epoxide rings is 1. The van der Waals surface area contributed by atoms with Crippen LogP contribution in [0.3, 0.4) is 0 Å². The van der Waals surface area contributed by atoms with E-state index in [2.05, 4.69) is 0 Å². The number of fused-ring (bicyclic) bond motifs is 2. The maximum Gasteiger partial charge on any atom is 0.336 e. The van der Waals surface area contributed by atoms with E-state index < -0.39 is 23.6 Å². The van der Waals surface area contributed by atoms with Gasteiger partial charge in [-0.25, -0.2) is 4.79 Å². The molecule has 21 heavy (non-hydrogen) atoms. The number of hydrogen-bond acceptors (Lipinski definition) is 6. The van der Waals surface area contributed by atoms with Crippen molar-refractivity contribution < 1.29 is 23.7 Å². The molecule has 0 spiro atoms. The van der Waals surface area contributed by atoms with Crippen molar-refractivity contribution in [1.82, 2.24) is 0 Å². The standard InChI is InChI=1S/C15H14O6/c1-15-13(21-15)12(20-14(15)17)8-5-7-3-4-11(16)19-9(7)6-10(8)18-2/h3-6,12-14,17H,1-2H3/t12-,13-,14+,15-/m1/s1. The van der Waals surface area contributed by atoms with Gasteiger partial charge in [0.2, 0.25) is 0 Å². The van der Waals surface area contributed by atoms with Crippen molar-refractivity contribution in [1.29, 1.82) is 0 Å². The molecule has 6 nitrogen and oxygen atoms in total. The molecular weight excluding hydrogens is 276 g/mol. The molecule has 0 aliphatic carbocycles. The Bertz CT molecular complexity index is 781. The molecule has 0 bridgehead atoms. The number of benzene rings is 1. The zero-order valence-corrected chi connectivity index (χ0v) is 11.5. The zero-order valence-electron chi connectivity index (χ0n) is 11.5. The smallest absolute Gasteiger partial charge is 0.336 e. The topological polar surface area (TPSA) is 81.4 Å². The third-order valence-electron chi connectivity index (χ3n) is 4.21. The van der Waals surface area contributed by atoms with Crippen LogP contribution in [0.4, 0.5) is 0 Å². The Morgan fingerprint density at radius 2 is 2.14 bits per heavy atom. The minimum absolute atomic E-state index is 0.199. The number of aliphatic hydroxyl groups is 1. The molecule has 4 atom stereocenters. The van der Waals surface area contributed by atoms with Gasteiger partial charge < -0.3 is 23.7 Å². The summed E-state index contributed by atoms with van der Waals surface area (Å²) in [6, 6.07) is 6.53. The summed E-state index contributed by atoms with van der Waals surface area (Å²) in [6.07, 6.45) is -1.56. The van der Waals surface area contributed by atoms with E-state index in [1.807, 2.05) is 13.0 Å². The molecule has 1 aromatic carbocycles. The lowest BCUT2D eigenvalue weighted by molar-refractivity contribution is -0.160. The monoisotopic (exact) mass is 290 g/mol. The van der Waals surface area contributed by atoms with Gasteiger partial charge in [0.1, 0.15) is 29.1 Å². The molecule has 0 unspecified atom stereocenters. The average Bonchev–Trinajstić information content (AvgIpc) is 3.09. The Morgan fingerprint density at radius 3 is 2.76 bits per heavy atom. The van der Waals surface area contributed by atoms with E-state index >= 15 is 0 Å². The molecule has 6 heteroatoms. The van der Waals surface area contributed by atoms with Gasteiger partial charge in [-0.05, 0) is 19.1 Å². The van der Waals surface area contributed by atoms with Crippen LogP contribution >= 0.6 is 0 Å². The lowest BCUT2D eigenvalue weighted by Crippen LogP contribution is -2.24. The van der Waals surface area contributed by atoms with Gasteiger partial charge in [0.05, 0.1) is 7.11 Å². The van der Waals surface area contributed by atoms with Gasteiger partial charge in [-0.15, -0.1) is 0 Å². The van der Waals surface area contributed by atoms with Crippen LogP contribution in [-0.4, -0.2) is 30.2 Å². The molecule has 1 N–H and O–H groups in total. The summed E-state index contributed by atoms with van der Waals surface area (Å²) in [6.45, 7) is 1.81. The number of methoxy groups -OCH3 is 1. The number of ether oxygens (including phenoxy) is 3. The summed E-state index contributed by atoms with van der Waals surface area (Å²) >= 11 is 0. The molecule has 2 saturated heterocycles. The van der Waals surface area contributed by atoms with Crippen LogP contribution in [-0.2, 0) is 9.47 Å². The second-order valence-corrected chi connectivity index (χ2v) is 5.52. The SMILES string of the molecule is COc1cc2oc(=O)ccc2cc1[C@H]1O[C@H](O)[C@]2(C)O[C@H]12. The first kappa shape index (κ1) is 12.8.